The molecule has 0 radical (unpaired) electrons. The number of hydrogen-bond acceptors (Lipinski definition) is 8. The summed E-state index contributed by atoms with van der Waals surface area (Å²) in [5.74, 6) is -0.324. The lowest BCUT2D eigenvalue weighted by Crippen LogP contribution is -2.48. The number of aliphatic hydroxyl groups is 1. The summed E-state index contributed by atoms with van der Waals surface area (Å²) in [5.41, 5.74) is 0.817. The minimum atomic E-state index is -3.87. The first-order chi connectivity index (χ1) is 21.9. The zero-order valence-corrected chi connectivity index (χ0v) is 28.7. The highest BCUT2D eigenvalue weighted by atomic mass is 32.2. The van der Waals surface area contributed by atoms with Gasteiger partial charge in [0.25, 0.3) is 15.9 Å². The predicted octanol–water partition coefficient (Wildman–Crippen LogP) is 4.06. The van der Waals surface area contributed by atoms with E-state index in [1.54, 1.807) is 41.6 Å². The number of aryl methyl sites for hydroxylation is 1. The van der Waals surface area contributed by atoms with Crippen LogP contribution in [0.5, 0.6) is 5.75 Å². The first-order valence-corrected chi connectivity index (χ1v) is 17.9. The molecular formula is C33H51N5O7S. The number of rotatable bonds is 8. The Hall–Kier alpha value is -3.00. The molecule has 0 spiro atoms. The van der Waals surface area contributed by atoms with Gasteiger partial charge in [0, 0.05) is 57.5 Å². The lowest BCUT2D eigenvalue weighted by molar-refractivity contribution is -0.120. The smallest absolute Gasteiger partial charge is 0.261 e. The molecule has 2 aliphatic rings. The van der Waals surface area contributed by atoms with Gasteiger partial charge in [0.1, 0.15) is 5.75 Å². The molecule has 256 valence electrons. The SMILES string of the molecule is C[C@@H]1CCCCO[C@H](CN(C)S(=O)(=O)c2cn(C)cn2)[C@H](C)CN([C@@H](C)CO)C(=O)c2cc(NC(=O)C3CCCCC3)ccc2O1. The van der Waals surface area contributed by atoms with Gasteiger partial charge in [-0.25, -0.2) is 13.4 Å². The van der Waals surface area contributed by atoms with E-state index in [1.165, 1.54) is 23.9 Å². The van der Waals surface area contributed by atoms with Crippen molar-refractivity contribution in [1.82, 2.24) is 18.8 Å². The average Bonchev–Trinajstić information content (AvgIpc) is 3.49. The van der Waals surface area contributed by atoms with Crippen molar-refractivity contribution in [1.29, 1.82) is 0 Å². The molecule has 1 aromatic heterocycles. The first-order valence-electron chi connectivity index (χ1n) is 16.5. The molecule has 2 heterocycles. The monoisotopic (exact) mass is 661 g/mol. The van der Waals surface area contributed by atoms with E-state index in [2.05, 4.69) is 10.3 Å². The van der Waals surface area contributed by atoms with Crippen LogP contribution in [0.2, 0.25) is 0 Å². The summed E-state index contributed by atoms with van der Waals surface area (Å²) in [6.45, 7) is 6.03. The van der Waals surface area contributed by atoms with Crippen molar-refractivity contribution in [3.05, 3.63) is 36.3 Å². The standard InChI is InChI=1S/C33H51N5O7S/c1-23-18-38(24(2)21-39)33(41)28-17-27(35-32(40)26-12-7-6-8-13-26)14-15-29(28)45-25(3)11-9-10-16-44-30(23)19-37(5)46(42,43)31-20-36(4)22-34-31/h14-15,17,20,22-26,30,39H,6-13,16,18-19,21H2,1-5H3,(H,35,40)/t23-,24+,25-,30-/m1/s1. The van der Waals surface area contributed by atoms with Crippen LogP contribution >= 0.6 is 0 Å². The molecule has 13 heteroatoms. The predicted molar refractivity (Wildman–Crippen MR) is 175 cm³/mol. The summed E-state index contributed by atoms with van der Waals surface area (Å²) in [7, 11) is -0.656. The van der Waals surface area contributed by atoms with Gasteiger partial charge in [-0.2, -0.15) is 4.31 Å². The molecule has 1 aliphatic carbocycles. The molecule has 1 aromatic carbocycles. The van der Waals surface area contributed by atoms with Gasteiger partial charge in [-0.05, 0) is 64.2 Å². The van der Waals surface area contributed by atoms with E-state index in [4.69, 9.17) is 9.47 Å². The second kappa shape index (κ2) is 16.2. The van der Waals surface area contributed by atoms with E-state index < -0.39 is 22.2 Å². The second-order valence-corrected chi connectivity index (χ2v) is 15.0. The van der Waals surface area contributed by atoms with Crippen LogP contribution in [0.15, 0.2) is 35.7 Å². The summed E-state index contributed by atoms with van der Waals surface area (Å²) < 4.78 is 42.0. The van der Waals surface area contributed by atoms with Crippen molar-refractivity contribution in [2.75, 3.05) is 38.7 Å². The Bertz CT molecular complexity index is 1430. The molecule has 0 saturated heterocycles. The number of fused-ring (bicyclic) bond motifs is 1. The Labute approximate surface area is 273 Å². The number of carbonyl (C=O) groups is 2. The topological polar surface area (TPSA) is 143 Å². The zero-order valence-electron chi connectivity index (χ0n) is 27.9. The summed E-state index contributed by atoms with van der Waals surface area (Å²) >= 11 is 0. The first kappa shape index (κ1) is 35.8. The molecule has 4 atom stereocenters. The third kappa shape index (κ3) is 9.08. The molecule has 4 rings (SSSR count). The quantitative estimate of drug-likeness (QED) is 0.432. The third-order valence-corrected chi connectivity index (χ3v) is 10.8. The third-order valence-electron chi connectivity index (χ3n) is 9.09. The van der Waals surface area contributed by atoms with Gasteiger partial charge >= 0.3 is 0 Å². The second-order valence-electron chi connectivity index (χ2n) is 13.0. The fourth-order valence-corrected chi connectivity index (χ4v) is 7.25. The molecule has 46 heavy (non-hydrogen) atoms. The van der Waals surface area contributed by atoms with Gasteiger partial charge in [0.05, 0.1) is 36.7 Å². The number of aromatic nitrogens is 2. The number of nitrogens with zero attached hydrogens (tertiary/aromatic N) is 4. The molecule has 12 nitrogen and oxygen atoms in total. The van der Waals surface area contributed by atoms with Crippen LogP contribution in [0.25, 0.3) is 0 Å². The van der Waals surface area contributed by atoms with Gasteiger partial charge in [-0.15, -0.1) is 0 Å². The number of hydrogen-bond donors (Lipinski definition) is 2. The molecule has 2 amide bonds. The van der Waals surface area contributed by atoms with E-state index in [1.807, 2.05) is 13.8 Å². The van der Waals surface area contributed by atoms with Gasteiger partial charge in [0.2, 0.25) is 5.91 Å². The van der Waals surface area contributed by atoms with Crippen LogP contribution in [0.4, 0.5) is 5.69 Å². The Kier molecular flexibility index (Phi) is 12.6. The highest BCUT2D eigenvalue weighted by Gasteiger charge is 2.33. The Morgan fingerprint density at radius 1 is 1.15 bits per heavy atom. The molecular weight excluding hydrogens is 610 g/mol. The van der Waals surface area contributed by atoms with Gasteiger partial charge in [-0.1, -0.05) is 26.2 Å². The van der Waals surface area contributed by atoms with Crippen LogP contribution in [-0.2, 0) is 26.6 Å². The van der Waals surface area contributed by atoms with Gasteiger partial charge in [0.15, 0.2) is 5.03 Å². The lowest BCUT2D eigenvalue weighted by Gasteiger charge is -2.35. The summed E-state index contributed by atoms with van der Waals surface area (Å²) in [4.78, 5) is 33.0. The largest absolute Gasteiger partial charge is 0.490 e. The fraction of sp³-hybridized carbons (Fsp3) is 0.667. The molecule has 0 bridgehead atoms. The molecule has 1 saturated carbocycles. The van der Waals surface area contributed by atoms with Crippen molar-refractivity contribution >= 4 is 27.5 Å². The van der Waals surface area contributed by atoms with E-state index >= 15 is 0 Å². The van der Waals surface area contributed by atoms with E-state index in [0.717, 1.165) is 51.4 Å². The average molecular weight is 662 g/mol. The van der Waals surface area contributed by atoms with Crippen LogP contribution in [-0.4, -0.2) is 95.7 Å². The lowest BCUT2D eigenvalue weighted by atomic mass is 9.88. The van der Waals surface area contributed by atoms with Gasteiger partial charge in [-0.3, -0.25) is 9.59 Å². The number of sulfonamides is 1. The highest BCUT2D eigenvalue weighted by Crippen LogP contribution is 2.30. The van der Waals surface area contributed by atoms with Crippen LogP contribution in [0.1, 0.15) is 82.5 Å². The number of benzene rings is 1. The molecule has 1 aliphatic heterocycles. The number of nitrogens with one attached hydrogen (secondary N) is 1. The minimum Gasteiger partial charge on any atom is -0.490 e. The summed E-state index contributed by atoms with van der Waals surface area (Å²) in [5, 5.41) is 13.2. The highest BCUT2D eigenvalue weighted by molar-refractivity contribution is 7.89. The van der Waals surface area contributed by atoms with Crippen molar-refractivity contribution in [2.24, 2.45) is 18.9 Å². The van der Waals surface area contributed by atoms with E-state index in [0.29, 0.717) is 23.6 Å². The van der Waals surface area contributed by atoms with Crippen LogP contribution < -0.4 is 10.1 Å². The Morgan fingerprint density at radius 3 is 2.54 bits per heavy atom. The fourth-order valence-electron chi connectivity index (χ4n) is 6.11. The number of anilines is 1. The number of likely N-dealkylation sites (N-methyl/N-ethyl adjacent to an activating group) is 1. The van der Waals surface area contributed by atoms with Gasteiger partial charge < -0.3 is 29.4 Å². The van der Waals surface area contributed by atoms with Crippen LogP contribution in [0, 0.1) is 11.8 Å². The van der Waals surface area contributed by atoms with Crippen molar-refractivity contribution in [3.63, 3.8) is 0 Å². The number of carbonyl (C=O) groups excluding carboxylic acids is 2. The summed E-state index contributed by atoms with van der Waals surface area (Å²) in [6.07, 6.45) is 9.40. The van der Waals surface area contributed by atoms with E-state index in [9.17, 15) is 23.1 Å². The molecule has 1 fully saturated rings. The van der Waals surface area contributed by atoms with Crippen molar-refractivity contribution in [3.8, 4) is 5.75 Å². The van der Waals surface area contributed by atoms with Crippen molar-refractivity contribution in [2.45, 2.75) is 95.4 Å². The normalized spacial score (nSPS) is 23.3. The maximum Gasteiger partial charge on any atom is 0.261 e. The number of aliphatic hydroxyl groups excluding tert-OH is 1. The van der Waals surface area contributed by atoms with E-state index in [-0.39, 0.29) is 54.5 Å². The summed E-state index contributed by atoms with van der Waals surface area (Å²) in [6, 6.07) is 4.62. The number of amides is 2. The zero-order chi connectivity index (χ0) is 33.4. The molecule has 0 unspecified atom stereocenters. The Morgan fingerprint density at radius 2 is 1.87 bits per heavy atom. The minimum absolute atomic E-state index is 0.0405. The maximum atomic E-state index is 14.3. The Balaban J connectivity index is 1.63. The maximum absolute atomic E-state index is 14.3. The van der Waals surface area contributed by atoms with Crippen molar-refractivity contribution < 1.29 is 32.6 Å². The number of ether oxygens (including phenoxy) is 2. The van der Waals surface area contributed by atoms with Crippen LogP contribution in [0.3, 0.4) is 0 Å². The molecule has 2 N–H and O–H groups in total. The molecule has 2 aromatic rings. The number of imidazole rings is 1.